The summed E-state index contributed by atoms with van der Waals surface area (Å²) in [4.78, 5) is 0.242. The molecule has 3 aromatic rings. The van der Waals surface area contributed by atoms with E-state index < -0.39 is 10.0 Å². The molecular weight excluding hydrogens is 374 g/mol. The number of rotatable bonds is 9. The number of ether oxygens (including phenoxy) is 2. The molecule has 0 spiro atoms. The lowest BCUT2D eigenvalue weighted by Crippen LogP contribution is -2.23. The van der Waals surface area contributed by atoms with Crippen molar-refractivity contribution in [2.75, 3.05) is 20.3 Å². The predicted molar refractivity (Wildman–Crippen MR) is 110 cm³/mol. The highest BCUT2D eigenvalue weighted by Crippen LogP contribution is 2.21. The molecule has 6 heteroatoms. The van der Waals surface area contributed by atoms with Crippen LogP contribution in [0.5, 0.6) is 5.75 Å². The third kappa shape index (κ3) is 5.42. The van der Waals surface area contributed by atoms with E-state index in [0.717, 1.165) is 22.4 Å². The summed E-state index contributed by atoms with van der Waals surface area (Å²) in [5, 5.41) is 0. The minimum atomic E-state index is -3.58. The molecule has 0 aliphatic carbocycles. The number of hydrogen-bond donors (Lipinski definition) is 1. The Bertz CT molecular complexity index is 969. The van der Waals surface area contributed by atoms with Crippen molar-refractivity contribution < 1.29 is 17.9 Å². The van der Waals surface area contributed by atoms with Gasteiger partial charge in [-0.2, -0.15) is 0 Å². The Kier molecular flexibility index (Phi) is 6.81. The predicted octanol–water partition coefficient (Wildman–Crippen LogP) is 3.86. The van der Waals surface area contributed by atoms with Crippen LogP contribution in [0.15, 0.2) is 83.8 Å². The third-order valence-corrected chi connectivity index (χ3v) is 5.63. The maximum atomic E-state index is 12.5. The zero-order valence-corrected chi connectivity index (χ0v) is 16.5. The number of nitrogens with one attached hydrogen (secondary N) is 1. The van der Waals surface area contributed by atoms with E-state index in [0.29, 0.717) is 13.2 Å². The van der Waals surface area contributed by atoms with Crippen LogP contribution < -0.4 is 9.46 Å². The molecule has 3 aromatic carbocycles. The Morgan fingerprint density at radius 3 is 2.07 bits per heavy atom. The highest BCUT2D eigenvalue weighted by Gasteiger charge is 2.13. The fourth-order valence-electron chi connectivity index (χ4n) is 2.67. The van der Waals surface area contributed by atoms with Crippen molar-refractivity contribution in [1.82, 2.24) is 4.72 Å². The Morgan fingerprint density at radius 2 is 1.43 bits per heavy atom. The molecule has 0 saturated carbocycles. The van der Waals surface area contributed by atoms with Crippen LogP contribution in [0, 0.1) is 0 Å². The smallest absolute Gasteiger partial charge is 0.240 e. The molecule has 0 atom stereocenters. The molecule has 0 aliphatic rings. The Morgan fingerprint density at radius 1 is 0.786 bits per heavy atom. The molecule has 0 aromatic heterocycles. The lowest BCUT2D eigenvalue weighted by atomic mass is 10.1. The summed E-state index contributed by atoms with van der Waals surface area (Å²) >= 11 is 0. The van der Waals surface area contributed by atoms with Gasteiger partial charge in [0, 0.05) is 13.7 Å². The minimum absolute atomic E-state index is 0.209. The highest BCUT2D eigenvalue weighted by molar-refractivity contribution is 7.89. The van der Waals surface area contributed by atoms with Crippen molar-refractivity contribution in [3.05, 3.63) is 84.4 Å². The second-order valence-electron chi connectivity index (χ2n) is 6.20. The van der Waals surface area contributed by atoms with Crippen LogP contribution in [0.2, 0.25) is 0 Å². The highest BCUT2D eigenvalue weighted by atomic mass is 32.2. The molecule has 5 nitrogen and oxygen atoms in total. The lowest BCUT2D eigenvalue weighted by molar-refractivity contribution is 0.146. The van der Waals surface area contributed by atoms with E-state index in [4.69, 9.17) is 9.47 Å². The van der Waals surface area contributed by atoms with Crippen LogP contribution in [0.3, 0.4) is 0 Å². The SMILES string of the molecule is COCCOc1ccc(CNS(=O)(=O)c2ccc(-c3ccccc3)cc2)cc1. The number of hydrogen-bond acceptors (Lipinski definition) is 4. The van der Waals surface area contributed by atoms with Gasteiger partial charge in [0.25, 0.3) is 0 Å². The molecule has 28 heavy (non-hydrogen) atoms. The van der Waals surface area contributed by atoms with Crippen LogP contribution in [-0.2, 0) is 21.3 Å². The normalized spacial score (nSPS) is 11.3. The number of benzene rings is 3. The van der Waals surface area contributed by atoms with Gasteiger partial charge in [-0.3, -0.25) is 0 Å². The van der Waals surface area contributed by atoms with Gasteiger partial charge in [0.15, 0.2) is 0 Å². The summed E-state index contributed by atoms with van der Waals surface area (Å²) in [5.74, 6) is 0.722. The second kappa shape index (κ2) is 9.50. The van der Waals surface area contributed by atoms with Gasteiger partial charge in [-0.1, -0.05) is 54.6 Å². The average Bonchev–Trinajstić information content (AvgIpc) is 2.74. The summed E-state index contributed by atoms with van der Waals surface area (Å²) in [5.41, 5.74) is 2.87. The fourth-order valence-corrected chi connectivity index (χ4v) is 3.68. The molecule has 1 N–H and O–H groups in total. The van der Waals surface area contributed by atoms with Crippen molar-refractivity contribution in [2.24, 2.45) is 0 Å². The molecule has 0 aliphatic heterocycles. The minimum Gasteiger partial charge on any atom is -0.491 e. The second-order valence-corrected chi connectivity index (χ2v) is 7.97. The lowest BCUT2D eigenvalue weighted by Gasteiger charge is -2.09. The summed E-state index contributed by atoms with van der Waals surface area (Å²) < 4.78 is 38.2. The maximum Gasteiger partial charge on any atom is 0.240 e. The number of methoxy groups -OCH3 is 1. The topological polar surface area (TPSA) is 64.6 Å². The molecule has 0 bridgehead atoms. The van der Waals surface area contributed by atoms with Crippen LogP contribution in [0.4, 0.5) is 0 Å². The zero-order chi connectivity index (χ0) is 19.8. The van der Waals surface area contributed by atoms with E-state index in [1.807, 2.05) is 66.7 Å². The molecular formula is C22H23NO4S. The third-order valence-electron chi connectivity index (χ3n) is 4.22. The van der Waals surface area contributed by atoms with E-state index >= 15 is 0 Å². The van der Waals surface area contributed by atoms with Crippen LogP contribution >= 0.6 is 0 Å². The summed E-state index contributed by atoms with van der Waals surface area (Å²) in [6.07, 6.45) is 0. The summed E-state index contributed by atoms with van der Waals surface area (Å²) in [6.45, 7) is 1.20. The van der Waals surface area contributed by atoms with Gasteiger partial charge in [0.1, 0.15) is 12.4 Å². The molecule has 0 saturated heterocycles. The summed E-state index contributed by atoms with van der Waals surface area (Å²) in [7, 11) is -1.96. The van der Waals surface area contributed by atoms with Crippen molar-refractivity contribution in [3.63, 3.8) is 0 Å². The Labute approximate surface area is 166 Å². The van der Waals surface area contributed by atoms with Gasteiger partial charge in [0.2, 0.25) is 10.0 Å². The summed E-state index contributed by atoms with van der Waals surface area (Å²) in [6, 6.07) is 24.0. The van der Waals surface area contributed by atoms with Gasteiger partial charge in [-0.25, -0.2) is 13.1 Å². The van der Waals surface area contributed by atoms with Crippen molar-refractivity contribution >= 4 is 10.0 Å². The molecule has 0 unspecified atom stereocenters. The van der Waals surface area contributed by atoms with Gasteiger partial charge in [-0.15, -0.1) is 0 Å². The molecule has 0 heterocycles. The van der Waals surface area contributed by atoms with E-state index in [1.54, 1.807) is 19.2 Å². The van der Waals surface area contributed by atoms with Gasteiger partial charge < -0.3 is 9.47 Å². The van der Waals surface area contributed by atoms with E-state index in [2.05, 4.69) is 4.72 Å². The Hall–Kier alpha value is -2.67. The number of sulfonamides is 1. The zero-order valence-electron chi connectivity index (χ0n) is 15.7. The quantitative estimate of drug-likeness (QED) is 0.557. The van der Waals surface area contributed by atoms with Gasteiger partial charge in [0.05, 0.1) is 11.5 Å². The largest absolute Gasteiger partial charge is 0.491 e. The van der Waals surface area contributed by atoms with Crippen LogP contribution in [0.25, 0.3) is 11.1 Å². The first kappa shape index (κ1) is 20.1. The van der Waals surface area contributed by atoms with Crippen molar-refractivity contribution in [1.29, 1.82) is 0 Å². The Balaban J connectivity index is 1.60. The fraction of sp³-hybridized carbons (Fsp3) is 0.182. The van der Waals surface area contributed by atoms with E-state index in [1.165, 1.54) is 0 Å². The first-order valence-corrected chi connectivity index (χ1v) is 10.4. The van der Waals surface area contributed by atoms with Crippen LogP contribution in [-0.4, -0.2) is 28.7 Å². The van der Waals surface area contributed by atoms with E-state index in [9.17, 15) is 8.42 Å². The van der Waals surface area contributed by atoms with E-state index in [-0.39, 0.29) is 11.4 Å². The molecule has 0 amide bonds. The molecule has 146 valence electrons. The standard InChI is InChI=1S/C22H23NO4S/c1-26-15-16-27-21-11-7-18(8-12-21)17-23-28(24,25)22-13-9-20(10-14-22)19-5-3-2-4-6-19/h2-14,23H,15-17H2,1H3. The van der Waals surface area contributed by atoms with Crippen LogP contribution in [0.1, 0.15) is 5.56 Å². The van der Waals surface area contributed by atoms with Crippen molar-refractivity contribution in [3.8, 4) is 16.9 Å². The molecule has 3 rings (SSSR count). The first-order chi connectivity index (χ1) is 13.6. The average molecular weight is 397 g/mol. The van der Waals surface area contributed by atoms with Crippen molar-refractivity contribution in [2.45, 2.75) is 11.4 Å². The monoisotopic (exact) mass is 397 g/mol. The molecule has 0 fully saturated rings. The van der Waals surface area contributed by atoms with Gasteiger partial charge in [-0.05, 0) is 41.0 Å². The molecule has 0 radical (unpaired) electrons. The van der Waals surface area contributed by atoms with Gasteiger partial charge >= 0.3 is 0 Å². The maximum absolute atomic E-state index is 12.5. The first-order valence-electron chi connectivity index (χ1n) is 8.94.